The van der Waals surface area contributed by atoms with Crippen LogP contribution in [0.2, 0.25) is 0 Å². The molecule has 5 rings (SSSR count). The second kappa shape index (κ2) is 9.79. The lowest BCUT2D eigenvalue weighted by atomic mass is 9.96. The van der Waals surface area contributed by atoms with Crippen molar-refractivity contribution < 1.29 is 10.5 Å². The van der Waals surface area contributed by atoms with Gasteiger partial charge >= 0.3 is 0 Å². The quantitative estimate of drug-likeness (QED) is 0.334. The number of nitrogens with one attached hydrogen (secondary N) is 4. The summed E-state index contributed by atoms with van der Waals surface area (Å²) >= 11 is 0. The van der Waals surface area contributed by atoms with Gasteiger partial charge in [-0.2, -0.15) is 5.26 Å². The van der Waals surface area contributed by atoms with Crippen LogP contribution in [-0.4, -0.2) is 29.7 Å². The maximum Gasteiger partial charge on any atom is 0.147 e. The number of hydrogen-bond donors (Lipinski definition) is 4. The number of aromatic nitrogens is 1. The number of halogens is 1. The Morgan fingerprint density at radius 1 is 1.30 bits per heavy atom. The average Bonchev–Trinajstić information content (AvgIpc) is 3.62. The number of hydrogen-bond acceptors (Lipinski definition) is 8. The zero-order valence-corrected chi connectivity index (χ0v) is 21.4. The molecule has 192 valence electrons. The Morgan fingerprint density at radius 2 is 2.05 bits per heavy atom. The first-order valence-corrected chi connectivity index (χ1v) is 12.3. The third-order valence-electron chi connectivity index (χ3n) is 6.27. The molecule has 4 N–H and O–H groups in total. The molecule has 0 amide bonds. The van der Waals surface area contributed by atoms with Gasteiger partial charge in [-0.3, -0.25) is 9.99 Å². The smallest absolute Gasteiger partial charge is 0.147 e. The monoisotopic (exact) mass is 502 g/mol. The number of hydrazine groups is 2. The van der Waals surface area contributed by atoms with Gasteiger partial charge in [-0.1, -0.05) is 32.9 Å². The van der Waals surface area contributed by atoms with E-state index in [-0.39, 0.29) is 11.2 Å². The van der Waals surface area contributed by atoms with Crippen molar-refractivity contribution >= 4 is 22.3 Å². The van der Waals surface area contributed by atoms with Crippen LogP contribution in [0.5, 0.6) is 5.75 Å². The summed E-state index contributed by atoms with van der Waals surface area (Å²) in [4.78, 5) is 4.50. The van der Waals surface area contributed by atoms with E-state index in [1.165, 1.54) is 12.1 Å². The first-order chi connectivity index (χ1) is 18.1. The number of methoxy groups -OCH3 is 1. The molecule has 8 nitrogen and oxygen atoms in total. The van der Waals surface area contributed by atoms with Crippen LogP contribution in [-0.2, 0) is 0 Å². The summed E-state index contributed by atoms with van der Waals surface area (Å²) in [7, 11) is 1.56. The number of ether oxygens (including phenoxy) is 1. The van der Waals surface area contributed by atoms with Crippen LogP contribution in [0.15, 0.2) is 54.5 Å². The highest BCUT2D eigenvalue weighted by atomic mass is 19.1. The van der Waals surface area contributed by atoms with Gasteiger partial charge in [-0.25, -0.2) is 4.39 Å². The van der Waals surface area contributed by atoms with E-state index in [4.69, 9.17) is 4.74 Å². The number of pyridine rings is 1. The van der Waals surface area contributed by atoms with Crippen molar-refractivity contribution in [3.8, 4) is 11.8 Å². The number of benzene rings is 2. The Bertz CT molecular complexity index is 1430. The van der Waals surface area contributed by atoms with Crippen LogP contribution in [0.3, 0.4) is 0 Å². The van der Waals surface area contributed by atoms with Crippen molar-refractivity contribution in [2.24, 2.45) is 5.41 Å². The normalized spacial score (nSPS) is 17.4. The molecule has 1 aliphatic carbocycles. The number of fused-ring (bicyclic) bond motifs is 1. The van der Waals surface area contributed by atoms with Crippen LogP contribution in [0.25, 0.3) is 10.9 Å². The summed E-state index contributed by atoms with van der Waals surface area (Å²) in [5.41, 5.74) is 9.59. The van der Waals surface area contributed by atoms with E-state index in [2.05, 4.69) is 53.4 Å². The summed E-state index contributed by atoms with van der Waals surface area (Å²) in [5.74, 6) is 0.125. The molecule has 0 bridgehead atoms. The fraction of sp³-hybridized carbons (Fsp3) is 0.357. The molecule has 2 heterocycles. The third kappa shape index (κ3) is 5.39. The number of rotatable bonds is 8. The molecule has 0 saturated heterocycles. The highest BCUT2D eigenvalue weighted by molar-refractivity contribution is 5.99. The molecule has 0 unspecified atom stereocenters. The maximum absolute atomic E-state index is 13.8. The molecule has 37 heavy (non-hydrogen) atoms. The Balaban J connectivity index is 1.62. The summed E-state index contributed by atoms with van der Waals surface area (Å²) in [6, 6.07) is 10.7. The van der Waals surface area contributed by atoms with Crippen molar-refractivity contribution in [2.45, 2.75) is 45.7 Å². The molecule has 1 atom stereocenters. The largest absolute Gasteiger partial charge is 0.494 e. The van der Waals surface area contributed by atoms with Gasteiger partial charge in [-0.05, 0) is 42.0 Å². The minimum absolute atomic E-state index is 0.0256. The van der Waals surface area contributed by atoms with Gasteiger partial charge in [-0.15, -0.1) is 5.53 Å². The summed E-state index contributed by atoms with van der Waals surface area (Å²) in [6.07, 6.45) is 5.58. The third-order valence-corrected chi connectivity index (χ3v) is 6.27. The number of nitriles is 1. The first kappa shape index (κ1) is 23.4. The van der Waals surface area contributed by atoms with Gasteiger partial charge in [0.2, 0.25) is 0 Å². The SMILES string of the molecule is [2H][C@@](Nc1cc(OC)c2ncc(C#N)c(NCC(C)(C)C)c2c1)(C1=CN(C2CC2)NN1)c1ccc(F)cc1. The topological polar surface area (TPSA) is 97.3 Å². The molecule has 0 spiro atoms. The molecule has 2 aromatic carbocycles. The van der Waals surface area contributed by atoms with E-state index in [1.54, 1.807) is 31.5 Å². The lowest BCUT2D eigenvalue weighted by Gasteiger charge is -2.24. The van der Waals surface area contributed by atoms with Gasteiger partial charge in [0, 0.05) is 42.1 Å². The Morgan fingerprint density at radius 3 is 2.70 bits per heavy atom. The van der Waals surface area contributed by atoms with E-state index in [0.29, 0.717) is 57.4 Å². The van der Waals surface area contributed by atoms with Crippen molar-refractivity contribution in [1.82, 2.24) is 21.0 Å². The molecule has 9 heteroatoms. The molecular formula is C28H32FN7O. The highest BCUT2D eigenvalue weighted by Crippen LogP contribution is 2.38. The van der Waals surface area contributed by atoms with Gasteiger partial charge in [0.15, 0.2) is 0 Å². The minimum atomic E-state index is -1.50. The summed E-state index contributed by atoms with van der Waals surface area (Å²) in [6.45, 7) is 6.97. The molecule has 1 fully saturated rings. The molecule has 2 aliphatic rings. The maximum atomic E-state index is 13.8. The van der Waals surface area contributed by atoms with E-state index in [0.717, 1.165) is 12.8 Å². The predicted molar refractivity (Wildman–Crippen MR) is 143 cm³/mol. The Hall–Kier alpha value is -4.03. The fourth-order valence-electron chi connectivity index (χ4n) is 4.19. The van der Waals surface area contributed by atoms with Crippen molar-refractivity contribution in [3.63, 3.8) is 0 Å². The van der Waals surface area contributed by atoms with E-state index in [1.807, 2.05) is 17.3 Å². The summed E-state index contributed by atoms with van der Waals surface area (Å²) < 4.78 is 29.1. The number of nitrogens with zero attached hydrogens (tertiary/aromatic N) is 3. The van der Waals surface area contributed by atoms with Crippen LogP contribution < -0.4 is 26.3 Å². The average molecular weight is 503 g/mol. The second-order valence-electron chi connectivity index (χ2n) is 10.6. The zero-order chi connectivity index (χ0) is 27.1. The Labute approximate surface area is 217 Å². The standard InChI is InChI=1S/C28H32FN7O/c1-28(2,3)16-32-25-18(13-30)14-31-27-22(25)11-20(12-24(27)37-4)33-26(17-5-7-19(29)8-6-17)23-15-36(35-34-23)21-9-10-21/h5-8,11-12,14-15,21,26,33-35H,9-10,16H2,1-4H3,(H,31,32)/t26-/m0/s1/i26D. The molecule has 1 aliphatic heterocycles. The number of anilines is 2. The van der Waals surface area contributed by atoms with Gasteiger partial charge in [0.25, 0.3) is 0 Å². The fourth-order valence-corrected chi connectivity index (χ4v) is 4.19. The minimum Gasteiger partial charge on any atom is -0.494 e. The van der Waals surface area contributed by atoms with Crippen molar-refractivity contribution in [3.05, 3.63) is 71.4 Å². The second-order valence-corrected chi connectivity index (χ2v) is 10.6. The molecule has 1 aromatic heterocycles. The van der Waals surface area contributed by atoms with E-state index in [9.17, 15) is 11.0 Å². The highest BCUT2D eigenvalue weighted by Gasteiger charge is 2.32. The lowest BCUT2D eigenvalue weighted by Crippen LogP contribution is -2.38. The molecule has 3 aromatic rings. The van der Waals surface area contributed by atoms with Crippen LogP contribution in [0.4, 0.5) is 15.8 Å². The van der Waals surface area contributed by atoms with Crippen molar-refractivity contribution in [1.29, 1.82) is 5.26 Å². The predicted octanol–water partition coefficient (Wildman–Crippen LogP) is 5.19. The van der Waals surface area contributed by atoms with E-state index >= 15 is 0 Å². The van der Waals surface area contributed by atoms with Gasteiger partial charge in [0.05, 0.1) is 31.4 Å². The van der Waals surface area contributed by atoms with Crippen LogP contribution in [0.1, 0.15) is 52.1 Å². The molecule has 0 radical (unpaired) electrons. The summed E-state index contributed by atoms with van der Waals surface area (Å²) in [5, 5.41) is 19.2. The van der Waals surface area contributed by atoms with Crippen LogP contribution in [0, 0.1) is 22.6 Å². The molecular weight excluding hydrogens is 469 g/mol. The molecule has 1 saturated carbocycles. The van der Waals surface area contributed by atoms with E-state index < -0.39 is 6.02 Å². The van der Waals surface area contributed by atoms with Gasteiger partial charge < -0.3 is 20.8 Å². The lowest BCUT2D eigenvalue weighted by molar-refractivity contribution is 0.260. The zero-order valence-electron chi connectivity index (χ0n) is 22.4. The van der Waals surface area contributed by atoms with Gasteiger partial charge in [0.1, 0.15) is 23.2 Å². The van der Waals surface area contributed by atoms with Crippen LogP contribution >= 0.6 is 0 Å². The Kier molecular flexibility index (Phi) is 6.18. The first-order valence-electron chi connectivity index (χ1n) is 12.8. The van der Waals surface area contributed by atoms with Crippen molar-refractivity contribution in [2.75, 3.05) is 24.3 Å².